The van der Waals surface area contributed by atoms with Gasteiger partial charge in [-0.05, 0) is 134 Å². The molecule has 4 aromatic carbocycles. The zero-order valence-electron chi connectivity index (χ0n) is 37.1. The van der Waals surface area contributed by atoms with E-state index >= 15 is 0 Å². The molecule has 0 aliphatic carbocycles. The van der Waals surface area contributed by atoms with Crippen LogP contribution < -0.4 is 9.47 Å². The van der Waals surface area contributed by atoms with E-state index in [1.54, 1.807) is 84.9 Å². The van der Waals surface area contributed by atoms with Gasteiger partial charge >= 0.3 is 0 Å². The second-order valence-corrected chi connectivity index (χ2v) is 17.7. The molecular formula is C54H48F4N4O6. The van der Waals surface area contributed by atoms with Crippen LogP contribution in [0.4, 0.5) is 17.6 Å². The molecule has 2 saturated heterocycles. The number of likely N-dealkylation sites (tertiary alicyclic amines) is 2. The summed E-state index contributed by atoms with van der Waals surface area (Å²) in [4.78, 5) is 61.6. The summed E-state index contributed by atoms with van der Waals surface area (Å²) < 4.78 is 65.8. The minimum atomic E-state index is -0.549. The molecule has 348 valence electrons. The highest BCUT2D eigenvalue weighted by Crippen LogP contribution is 2.40. The Morgan fingerprint density at radius 3 is 1.26 bits per heavy atom. The summed E-state index contributed by atoms with van der Waals surface area (Å²) in [6, 6.07) is 32.5. The molecule has 2 amide bonds. The normalized spacial score (nSPS) is 17.1. The number of benzene rings is 4. The van der Waals surface area contributed by atoms with Crippen LogP contribution in [-0.4, -0.2) is 82.5 Å². The van der Waals surface area contributed by atoms with Crippen molar-refractivity contribution in [2.45, 2.75) is 50.4 Å². The highest BCUT2D eigenvalue weighted by atomic mass is 19.1. The van der Waals surface area contributed by atoms with Gasteiger partial charge < -0.3 is 19.3 Å². The van der Waals surface area contributed by atoms with Gasteiger partial charge in [0, 0.05) is 73.1 Å². The Labute approximate surface area is 390 Å². The molecule has 6 aromatic rings. The first-order valence-corrected chi connectivity index (χ1v) is 22.8. The average Bonchev–Trinajstić information content (AvgIpc) is 3.35. The number of Topliss-reactive ketones (excluding diaryl/α,β-unsaturated/α-hetero) is 2. The van der Waals surface area contributed by atoms with E-state index in [0.717, 1.165) is 22.3 Å². The van der Waals surface area contributed by atoms with Crippen molar-refractivity contribution in [3.63, 3.8) is 0 Å². The third kappa shape index (κ3) is 10.5. The van der Waals surface area contributed by atoms with Crippen LogP contribution in [0.1, 0.15) is 91.9 Å². The smallest absolute Gasteiger partial charge is 0.253 e. The van der Waals surface area contributed by atoms with Crippen molar-refractivity contribution in [2.75, 3.05) is 39.4 Å². The number of aromatic nitrogens is 2. The summed E-state index contributed by atoms with van der Waals surface area (Å²) in [6.45, 7) is 2.32. The molecule has 10 nitrogen and oxygen atoms in total. The van der Waals surface area contributed by atoms with Crippen LogP contribution in [0.5, 0.6) is 11.5 Å². The Morgan fingerprint density at radius 2 is 0.897 bits per heavy atom. The van der Waals surface area contributed by atoms with Crippen molar-refractivity contribution >= 4 is 23.4 Å². The molecule has 2 aromatic heterocycles. The van der Waals surface area contributed by atoms with Gasteiger partial charge in [-0.3, -0.25) is 19.2 Å². The summed E-state index contributed by atoms with van der Waals surface area (Å²) in [5.41, 5.74) is 5.53. The van der Waals surface area contributed by atoms with Gasteiger partial charge in [0.05, 0.1) is 11.4 Å². The SMILES string of the molecule is O=C1COc2ccc(C(=O)N3CCC([C@@H](c4ccc(F)cc4)c4cccc(F)n4)CC3)cc2C1.O=C1COc2ccc(C(=O)N3CCC([C@H](c4ccc(F)cc4)c4cccc(F)n4)CC3)cc2C1. The number of ether oxygens (including phenoxy) is 2. The number of piperidine rings is 2. The summed E-state index contributed by atoms with van der Waals surface area (Å²) in [7, 11) is 0. The fourth-order valence-corrected chi connectivity index (χ4v) is 9.97. The van der Waals surface area contributed by atoms with Crippen molar-refractivity contribution in [2.24, 2.45) is 11.8 Å². The van der Waals surface area contributed by atoms with Gasteiger partial charge in [-0.15, -0.1) is 0 Å². The van der Waals surface area contributed by atoms with Crippen molar-refractivity contribution in [3.8, 4) is 11.5 Å². The number of hydrogen-bond acceptors (Lipinski definition) is 8. The molecule has 0 saturated carbocycles. The van der Waals surface area contributed by atoms with Crippen molar-refractivity contribution in [1.82, 2.24) is 19.8 Å². The van der Waals surface area contributed by atoms with Crippen LogP contribution in [0.15, 0.2) is 121 Å². The molecule has 2 atom stereocenters. The largest absolute Gasteiger partial charge is 0.486 e. The second-order valence-electron chi connectivity index (χ2n) is 17.7. The molecular weight excluding hydrogens is 877 g/mol. The van der Waals surface area contributed by atoms with E-state index < -0.39 is 11.9 Å². The average molecular weight is 925 g/mol. The Kier molecular flexibility index (Phi) is 13.7. The lowest BCUT2D eigenvalue weighted by molar-refractivity contribution is -0.122. The van der Waals surface area contributed by atoms with Crippen molar-refractivity contribution in [1.29, 1.82) is 0 Å². The predicted octanol–water partition coefficient (Wildman–Crippen LogP) is 9.10. The van der Waals surface area contributed by atoms with E-state index in [1.165, 1.54) is 36.4 Å². The van der Waals surface area contributed by atoms with Gasteiger partial charge in [-0.1, -0.05) is 36.4 Å². The van der Waals surface area contributed by atoms with Crippen molar-refractivity contribution in [3.05, 3.63) is 190 Å². The maximum atomic E-state index is 13.9. The molecule has 0 unspecified atom stereocenters. The first kappa shape index (κ1) is 45.9. The second kappa shape index (κ2) is 20.3. The Balaban J connectivity index is 0.000000170. The maximum Gasteiger partial charge on any atom is 0.253 e. The monoisotopic (exact) mass is 924 g/mol. The highest BCUT2D eigenvalue weighted by Gasteiger charge is 2.34. The van der Waals surface area contributed by atoms with Gasteiger partial charge in [-0.2, -0.15) is 8.78 Å². The van der Waals surface area contributed by atoms with Crippen LogP contribution >= 0.6 is 0 Å². The van der Waals surface area contributed by atoms with E-state index in [1.807, 2.05) is 9.80 Å². The molecule has 4 aliphatic rings. The Morgan fingerprint density at radius 1 is 0.515 bits per heavy atom. The van der Waals surface area contributed by atoms with Crippen molar-refractivity contribution < 1.29 is 46.2 Å². The number of carbonyl (C=O) groups excluding carboxylic acids is 4. The predicted molar refractivity (Wildman–Crippen MR) is 243 cm³/mol. The first-order chi connectivity index (χ1) is 32.9. The van der Waals surface area contributed by atoms with Gasteiger partial charge in [0.1, 0.15) is 36.3 Å². The lowest BCUT2D eigenvalue weighted by Crippen LogP contribution is -2.40. The lowest BCUT2D eigenvalue weighted by atomic mass is 9.78. The summed E-state index contributed by atoms with van der Waals surface area (Å²) in [5.74, 6) is -0.759. The third-order valence-corrected chi connectivity index (χ3v) is 13.3. The molecule has 68 heavy (non-hydrogen) atoms. The number of halogens is 4. The zero-order chi connectivity index (χ0) is 47.3. The maximum absolute atomic E-state index is 13.9. The lowest BCUT2D eigenvalue weighted by Gasteiger charge is -2.36. The van der Waals surface area contributed by atoms with E-state index in [0.29, 0.717) is 85.9 Å². The number of hydrogen-bond donors (Lipinski definition) is 0. The molecule has 14 heteroatoms. The van der Waals surface area contributed by atoms with Gasteiger partial charge in [-0.25, -0.2) is 18.7 Å². The Bertz CT molecular complexity index is 2630. The minimum Gasteiger partial charge on any atom is -0.486 e. The molecule has 6 heterocycles. The van der Waals surface area contributed by atoms with Crippen LogP contribution in [0.25, 0.3) is 0 Å². The quantitative estimate of drug-likeness (QED) is 0.110. The van der Waals surface area contributed by atoms with Gasteiger partial charge in [0.25, 0.3) is 11.8 Å². The number of amides is 2. The van der Waals surface area contributed by atoms with Crippen LogP contribution in [0, 0.1) is 35.4 Å². The minimum absolute atomic E-state index is 0.00398. The molecule has 10 rings (SSSR count). The number of ketones is 2. The number of nitrogens with zero attached hydrogens (tertiary/aromatic N) is 4. The first-order valence-electron chi connectivity index (χ1n) is 22.8. The highest BCUT2D eigenvalue weighted by molar-refractivity contribution is 5.96. The molecule has 2 fully saturated rings. The summed E-state index contributed by atoms with van der Waals surface area (Å²) in [5, 5.41) is 0. The molecule has 0 spiro atoms. The van der Waals surface area contributed by atoms with Gasteiger partial charge in [0.15, 0.2) is 11.6 Å². The van der Waals surface area contributed by atoms with Crippen LogP contribution in [0.3, 0.4) is 0 Å². The number of carbonyl (C=O) groups is 4. The zero-order valence-corrected chi connectivity index (χ0v) is 37.1. The standard InChI is InChI=1S/2C27H24F2N2O3/c2*28-21-7-4-17(5-8-21)26(23-2-1-3-25(29)30-23)18-10-12-31(13-11-18)27(33)19-6-9-24-20(14-19)15-22(32)16-34-24/h2*1-9,14,18,26H,10-13,15-16H2/t2*26-/m10/s1. The Hall–Kier alpha value is -7.22. The fourth-order valence-electron chi connectivity index (χ4n) is 9.97. The summed E-state index contributed by atoms with van der Waals surface area (Å²) in [6.07, 6.45) is 3.38. The topological polar surface area (TPSA) is 119 Å². The van der Waals surface area contributed by atoms with E-state index in [2.05, 4.69) is 9.97 Å². The molecule has 0 N–H and O–H groups in total. The molecule has 0 bridgehead atoms. The fraction of sp³-hybridized carbons (Fsp3) is 0.296. The van der Waals surface area contributed by atoms with E-state index in [4.69, 9.17) is 9.47 Å². The number of rotatable bonds is 8. The molecule has 0 radical (unpaired) electrons. The number of pyridine rings is 2. The van der Waals surface area contributed by atoms with Gasteiger partial charge in [0.2, 0.25) is 11.9 Å². The third-order valence-electron chi connectivity index (χ3n) is 13.3. The van der Waals surface area contributed by atoms with E-state index in [-0.39, 0.29) is 84.7 Å². The molecule has 4 aliphatic heterocycles. The summed E-state index contributed by atoms with van der Waals surface area (Å²) >= 11 is 0. The van der Waals surface area contributed by atoms with Crippen LogP contribution in [0.2, 0.25) is 0 Å². The van der Waals surface area contributed by atoms with E-state index in [9.17, 15) is 36.7 Å². The number of fused-ring (bicyclic) bond motifs is 2. The van der Waals surface area contributed by atoms with Crippen LogP contribution in [-0.2, 0) is 22.4 Å².